The minimum Gasteiger partial charge on any atom is -0.481 e. The Morgan fingerprint density at radius 1 is 1.41 bits per heavy atom. The topological polar surface area (TPSA) is 40.5 Å². The number of carboxylic acids is 1. The quantitative estimate of drug-likeness (QED) is 0.822. The number of carbonyl (C=O) groups is 1. The zero-order valence-corrected chi connectivity index (χ0v) is 11.8. The zero-order valence-electron chi connectivity index (χ0n) is 11.8. The summed E-state index contributed by atoms with van der Waals surface area (Å²) < 4.78 is 0. The molecule has 0 radical (unpaired) electrons. The van der Waals surface area contributed by atoms with E-state index in [4.69, 9.17) is 0 Å². The van der Waals surface area contributed by atoms with E-state index in [0.29, 0.717) is 5.41 Å². The molecule has 1 rings (SSSR count). The molecule has 0 aliphatic carbocycles. The molecule has 100 valence electrons. The Hall–Kier alpha value is -0.570. The van der Waals surface area contributed by atoms with Crippen molar-refractivity contribution < 1.29 is 9.90 Å². The van der Waals surface area contributed by atoms with Crippen molar-refractivity contribution in [3.63, 3.8) is 0 Å². The third kappa shape index (κ3) is 3.98. The molecule has 0 aromatic heterocycles. The number of aliphatic carboxylic acids is 1. The first kappa shape index (κ1) is 14.5. The lowest BCUT2D eigenvalue weighted by Crippen LogP contribution is -2.48. The Morgan fingerprint density at radius 2 is 2.06 bits per heavy atom. The molecule has 0 spiro atoms. The van der Waals surface area contributed by atoms with Crippen LogP contribution in [-0.4, -0.2) is 35.6 Å². The molecule has 3 heteroatoms. The largest absolute Gasteiger partial charge is 0.481 e. The first-order valence-corrected chi connectivity index (χ1v) is 6.75. The van der Waals surface area contributed by atoms with Crippen molar-refractivity contribution >= 4 is 5.97 Å². The van der Waals surface area contributed by atoms with E-state index in [1.54, 1.807) is 0 Å². The van der Waals surface area contributed by atoms with Crippen LogP contribution in [0.2, 0.25) is 0 Å². The second-order valence-electron chi connectivity index (χ2n) is 6.63. The van der Waals surface area contributed by atoms with Gasteiger partial charge in [0.05, 0.1) is 5.41 Å². The monoisotopic (exact) mass is 241 g/mol. The highest BCUT2D eigenvalue weighted by molar-refractivity contribution is 5.75. The molecule has 1 unspecified atom stereocenters. The minimum atomic E-state index is -0.611. The first-order valence-electron chi connectivity index (χ1n) is 6.75. The molecule has 0 bridgehead atoms. The lowest BCUT2D eigenvalue weighted by molar-refractivity contribution is -0.153. The van der Waals surface area contributed by atoms with Gasteiger partial charge in [-0.05, 0) is 44.2 Å². The van der Waals surface area contributed by atoms with Gasteiger partial charge in [-0.1, -0.05) is 27.7 Å². The summed E-state index contributed by atoms with van der Waals surface area (Å²) in [6, 6.07) is 0. The van der Waals surface area contributed by atoms with Crippen molar-refractivity contribution in [3.05, 3.63) is 0 Å². The van der Waals surface area contributed by atoms with Crippen LogP contribution in [0.5, 0.6) is 0 Å². The highest BCUT2D eigenvalue weighted by Crippen LogP contribution is 2.34. The lowest BCUT2D eigenvalue weighted by atomic mass is 9.77. The maximum atomic E-state index is 11.4. The molecule has 0 aromatic rings. The normalized spacial score (nSPS) is 27.1. The van der Waals surface area contributed by atoms with Gasteiger partial charge in [-0.25, -0.2) is 0 Å². The van der Waals surface area contributed by atoms with E-state index in [1.165, 1.54) is 0 Å². The van der Waals surface area contributed by atoms with Gasteiger partial charge in [0.15, 0.2) is 0 Å². The van der Waals surface area contributed by atoms with Gasteiger partial charge in [0.2, 0.25) is 0 Å². The van der Waals surface area contributed by atoms with Crippen molar-refractivity contribution in [1.29, 1.82) is 0 Å². The Balaban J connectivity index is 2.57. The smallest absolute Gasteiger partial charge is 0.310 e. The summed E-state index contributed by atoms with van der Waals surface area (Å²) in [5.41, 5.74) is -0.161. The summed E-state index contributed by atoms with van der Waals surface area (Å²) in [6.07, 6.45) is 3.73. The summed E-state index contributed by atoms with van der Waals surface area (Å²) in [5.74, 6) is -0.611. The van der Waals surface area contributed by atoms with Gasteiger partial charge in [0.25, 0.3) is 0 Å². The van der Waals surface area contributed by atoms with Gasteiger partial charge in [0.1, 0.15) is 0 Å². The Morgan fingerprint density at radius 3 is 2.53 bits per heavy atom. The van der Waals surface area contributed by atoms with E-state index >= 15 is 0 Å². The van der Waals surface area contributed by atoms with Crippen LogP contribution in [-0.2, 0) is 4.79 Å². The van der Waals surface area contributed by atoms with E-state index in [0.717, 1.165) is 45.3 Å². The molecule has 3 nitrogen and oxygen atoms in total. The van der Waals surface area contributed by atoms with Gasteiger partial charge in [0, 0.05) is 6.54 Å². The molecule has 1 aliphatic rings. The molecular formula is C14H27NO2. The van der Waals surface area contributed by atoms with Crippen LogP contribution >= 0.6 is 0 Å². The van der Waals surface area contributed by atoms with Crippen LogP contribution in [0.1, 0.15) is 53.4 Å². The van der Waals surface area contributed by atoms with Crippen LogP contribution in [0.4, 0.5) is 0 Å². The molecule has 1 heterocycles. The second kappa shape index (κ2) is 5.38. The van der Waals surface area contributed by atoms with Crippen LogP contribution in [0, 0.1) is 10.8 Å². The maximum absolute atomic E-state index is 11.4. The van der Waals surface area contributed by atoms with E-state index in [-0.39, 0.29) is 0 Å². The third-order valence-electron chi connectivity index (χ3n) is 3.96. The van der Waals surface area contributed by atoms with Crippen molar-refractivity contribution in [2.45, 2.75) is 53.4 Å². The molecule has 1 atom stereocenters. The highest BCUT2D eigenvalue weighted by atomic mass is 16.4. The lowest BCUT2D eigenvalue weighted by Gasteiger charge is -2.40. The highest BCUT2D eigenvalue weighted by Gasteiger charge is 2.40. The molecule has 1 fully saturated rings. The number of rotatable bonds is 4. The van der Waals surface area contributed by atoms with Gasteiger partial charge < -0.3 is 10.0 Å². The van der Waals surface area contributed by atoms with Crippen LogP contribution < -0.4 is 0 Å². The van der Waals surface area contributed by atoms with Crippen molar-refractivity contribution in [1.82, 2.24) is 4.90 Å². The SMILES string of the molecule is CCC1(C(=O)O)CCCN(CCC(C)(C)C)C1. The summed E-state index contributed by atoms with van der Waals surface area (Å²) in [7, 11) is 0. The Kier molecular flexibility index (Phi) is 4.59. The van der Waals surface area contributed by atoms with Crippen LogP contribution in [0.25, 0.3) is 0 Å². The fraction of sp³-hybridized carbons (Fsp3) is 0.929. The Bertz CT molecular complexity index is 270. The number of nitrogens with zero attached hydrogens (tertiary/aromatic N) is 1. The average Bonchev–Trinajstić information content (AvgIpc) is 2.25. The fourth-order valence-electron chi connectivity index (χ4n) is 2.53. The Labute approximate surface area is 105 Å². The number of piperidine rings is 1. The molecule has 1 aliphatic heterocycles. The average molecular weight is 241 g/mol. The van der Waals surface area contributed by atoms with E-state index < -0.39 is 11.4 Å². The number of hydrogen-bond donors (Lipinski definition) is 1. The first-order chi connectivity index (χ1) is 7.79. The molecule has 1 N–H and O–H groups in total. The number of likely N-dealkylation sites (tertiary alicyclic amines) is 1. The summed E-state index contributed by atoms with van der Waals surface area (Å²) in [6.45, 7) is 11.5. The summed E-state index contributed by atoms with van der Waals surface area (Å²) in [4.78, 5) is 13.8. The maximum Gasteiger partial charge on any atom is 0.310 e. The minimum absolute atomic E-state index is 0.329. The molecule has 17 heavy (non-hydrogen) atoms. The van der Waals surface area contributed by atoms with E-state index in [9.17, 15) is 9.90 Å². The third-order valence-corrected chi connectivity index (χ3v) is 3.96. The predicted molar refractivity (Wildman–Crippen MR) is 70.1 cm³/mol. The standard InChI is InChI=1S/C14H27NO2/c1-5-14(12(16)17)7-6-9-15(11-14)10-8-13(2,3)4/h5-11H2,1-4H3,(H,16,17). The van der Waals surface area contributed by atoms with Crippen LogP contribution in [0.3, 0.4) is 0 Å². The molecule has 1 saturated heterocycles. The van der Waals surface area contributed by atoms with Gasteiger partial charge in [-0.15, -0.1) is 0 Å². The van der Waals surface area contributed by atoms with Crippen LogP contribution in [0.15, 0.2) is 0 Å². The van der Waals surface area contributed by atoms with E-state index in [1.807, 2.05) is 6.92 Å². The van der Waals surface area contributed by atoms with E-state index in [2.05, 4.69) is 25.7 Å². The number of carboxylic acid groups (broad SMARTS) is 1. The molecule has 0 saturated carbocycles. The molecule has 0 amide bonds. The van der Waals surface area contributed by atoms with Gasteiger partial charge >= 0.3 is 5.97 Å². The van der Waals surface area contributed by atoms with Crippen molar-refractivity contribution in [2.24, 2.45) is 10.8 Å². The zero-order chi connectivity index (χ0) is 13.1. The second-order valence-corrected chi connectivity index (χ2v) is 6.63. The summed E-state index contributed by atoms with van der Waals surface area (Å²) in [5, 5.41) is 9.41. The molecule has 0 aromatic carbocycles. The van der Waals surface area contributed by atoms with Gasteiger partial charge in [-0.3, -0.25) is 4.79 Å². The van der Waals surface area contributed by atoms with Gasteiger partial charge in [-0.2, -0.15) is 0 Å². The predicted octanol–water partition coefficient (Wildman–Crippen LogP) is 3.00. The number of hydrogen-bond acceptors (Lipinski definition) is 2. The van der Waals surface area contributed by atoms with Crippen molar-refractivity contribution in [2.75, 3.05) is 19.6 Å². The molecular weight excluding hydrogens is 214 g/mol. The fourth-order valence-corrected chi connectivity index (χ4v) is 2.53. The van der Waals surface area contributed by atoms with Crippen molar-refractivity contribution in [3.8, 4) is 0 Å². The summed E-state index contributed by atoms with van der Waals surface area (Å²) >= 11 is 0.